The molecule has 332 valence electrons. The number of hydrogen-bond donors (Lipinski definition) is 1. The van der Waals surface area contributed by atoms with Crippen molar-refractivity contribution in [1.29, 1.82) is 0 Å². The highest BCUT2D eigenvalue weighted by atomic mass is 16.3. The second-order valence-corrected chi connectivity index (χ2v) is 20.9. The Morgan fingerprint density at radius 2 is 1.25 bits per heavy atom. The quantitative estimate of drug-likeness (QED) is 0.166. The fourth-order valence-electron chi connectivity index (χ4n) is 8.35. The molecule has 0 saturated carbocycles. The van der Waals surface area contributed by atoms with Crippen molar-refractivity contribution < 1.29 is 18.8 Å². The monoisotopic (exact) mass is 868 g/mol. The third-order valence-corrected chi connectivity index (χ3v) is 12.3. The van der Waals surface area contributed by atoms with Gasteiger partial charge in [-0.1, -0.05) is 169 Å². The molecule has 8 rings (SSSR count). The summed E-state index contributed by atoms with van der Waals surface area (Å²) in [6, 6.07) is 28.4. The number of phenols is 1. The van der Waals surface area contributed by atoms with Crippen LogP contribution in [0.3, 0.4) is 0 Å². The molecule has 0 aliphatic rings. The van der Waals surface area contributed by atoms with Gasteiger partial charge >= 0.3 is 0 Å². The summed E-state index contributed by atoms with van der Waals surface area (Å²) >= 11 is 0. The number of aromatic hydroxyl groups is 1. The summed E-state index contributed by atoms with van der Waals surface area (Å²) in [6.45, 7) is 23.3. The minimum Gasteiger partial charge on any atom is -0.507 e. The van der Waals surface area contributed by atoms with Gasteiger partial charge in [0.2, 0.25) is 0 Å². The van der Waals surface area contributed by atoms with Crippen LogP contribution in [0.1, 0.15) is 149 Å². The van der Waals surface area contributed by atoms with E-state index >= 15 is 0 Å². The first-order valence-electron chi connectivity index (χ1n) is 27.4. The van der Waals surface area contributed by atoms with Gasteiger partial charge in [0.05, 0.1) is 34.8 Å². The molecule has 0 saturated heterocycles. The van der Waals surface area contributed by atoms with E-state index in [0.717, 1.165) is 22.3 Å². The number of aryl methyl sites for hydroxylation is 1. The van der Waals surface area contributed by atoms with Crippen LogP contribution in [0.25, 0.3) is 72.7 Å². The number of fused-ring (bicyclic) bond motifs is 1. The zero-order chi connectivity index (χ0) is 55.4. The van der Waals surface area contributed by atoms with Gasteiger partial charge in [0.1, 0.15) is 11.6 Å². The maximum Gasteiger partial charge on any atom is 0.149 e. The molecule has 6 aromatic carbocycles. The van der Waals surface area contributed by atoms with Crippen molar-refractivity contribution in [2.75, 3.05) is 0 Å². The number of phenolic OH excluding ortho intramolecular Hbond substituents is 1. The Labute approximate surface area is 402 Å². The van der Waals surface area contributed by atoms with Gasteiger partial charge in [-0.2, -0.15) is 0 Å². The number of para-hydroxylation sites is 1. The van der Waals surface area contributed by atoms with Crippen molar-refractivity contribution in [3.63, 3.8) is 0 Å². The predicted molar refractivity (Wildman–Crippen MR) is 277 cm³/mol. The summed E-state index contributed by atoms with van der Waals surface area (Å²) < 4.78 is 89.5. The topological polar surface area (TPSA) is 50.9 Å². The van der Waals surface area contributed by atoms with Gasteiger partial charge in [0, 0.05) is 29.7 Å². The maximum absolute atomic E-state index is 12.6. The summed E-state index contributed by atoms with van der Waals surface area (Å²) in [5.41, 5.74) is 9.22. The SMILES string of the molecule is [2H]c1c([2H])c([2H])c(-c2ccnc(-c3cc(-c4cccc5c4nc(-c4cc(C(C)(C)C)cc(C(C)(C)C)c4O)n5-c4ccc(-c5cc(C([2H])(C)C)cc(C([2H])(C)C)c5)cc4C([2H])([2H])[2H])cc(C(C)(C)C)c3)c2)c([2H])c1[2H]. The van der Waals surface area contributed by atoms with Crippen LogP contribution < -0.4 is 0 Å². The van der Waals surface area contributed by atoms with Gasteiger partial charge in [0.15, 0.2) is 0 Å². The first kappa shape index (κ1) is 34.1. The molecule has 1 N–H and O–H groups in total. The normalized spacial score (nSPS) is 15.2. The molecule has 0 atom stereocenters. The molecule has 0 radical (unpaired) electrons. The molecule has 0 aliphatic carbocycles. The van der Waals surface area contributed by atoms with Gasteiger partial charge < -0.3 is 5.11 Å². The first-order valence-corrected chi connectivity index (χ1v) is 22.4. The molecular weight excluding hydrogens is 791 g/mol. The number of nitrogens with zero attached hydrogens (tertiary/aromatic N) is 3. The average Bonchev–Trinajstić information content (AvgIpc) is 3.70. The summed E-state index contributed by atoms with van der Waals surface area (Å²) in [5.74, 6) is -1.63. The smallest absolute Gasteiger partial charge is 0.149 e. The van der Waals surface area contributed by atoms with Gasteiger partial charge in [0.25, 0.3) is 0 Å². The van der Waals surface area contributed by atoms with Crippen LogP contribution in [0.4, 0.5) is 0 Å². The molecule has 0 aliphatic heterocycles. The van der Waals surface area contributed by atoms with E-state index in [-0.39, 0.29) is 39.8 Å². The lowest BCUT2D eigenvalue weighted by molar-refractivity contribution is 0.446. The third kappa shape index (κ3) is 9.06. The molecule has 4 heteroatoms. The van der Waals surface area contributed by atoms with Crippen LogP contribution >= 0.6 is 0 Å². The van der Waals surface area contributed by atoms with E-state index in [4.69, 9.17) is 23.7 Å². The summed E-state index contributed by atoms with van der Waals surface area (Å²) in [7, 11) is 0. The lowest BCUT2D eigenvalue weighted by atomic mass is 9.79. The highest BCUT2D eigenvalue weighted by Gasteiger charge is 2.29. The van der Waals surface area contributed by atoms with E-state index < -0.39 is 42.2 Å². The molecule has 0 amide bonds. The molecule has 2 aromatic heterocycles. The Hall–Kier alpha value is -6.26. The fraction of sp³-hybridized carbons (Fsp3) is 0.311. The molecule has 8 aromatic rings. The first-order chi connectivity index (χ1) is 34.5. The van der Waals surface area contributed by atoms with E-state index in [1.807, 2.05) is 92.1 Å². The van der Waals surface area contributed by atoms with Gasteiger partial charge in [-0.3, -0.25) is 9.55 Å². The Kier molecular flexibility index (Phi) is 8.90. The molecule has 0 unspecified atom stereocenters. The van der Waals surface area contributed by atoms with Gasteiger partial charge in [-0.15, -0.1) is 0 Å². The van der Waals surface area contributed by atoms with Crippen LogP contribution in [-0.2, 0) is 16.2 Å². The lowest BCUT2D eigenvalue weighted by Crippen LogP contribution is -2.17. The summed E-state index contributed by atoms with van der Waals surface area (Å²) in [4.78, 5) is 10.2. The number of hydrogen-bond acceptors (Lipinski definition) is 3. The molecule has 0 spiro atoms. The van der Waals surface area contributed by atoms with Gasteiger partial charge in [-0.25, -0.2) is 4.98 Å². The minimum absolute atomic E-state index is 0.0307. The number of pyridine rings is 1. The number of imidazole rings is 1. The van der Waals surface area contributed by atoms with E-state index in [1.54, 1.807) is 58.2 Å². The molecular formula is C61H67N3O. The van der Waals surface area contributed by atoms with Crippen molar-refractivity contribution >= 4 is 11.0 Å². The van der Waals surface area contributed by atoms with E-state index in [2.05, 4.69) is 47.6 Å². The van der Waals surface area contributed by atoms with Crippen LogP contribution in [0.15, 0.2) is 133 Å². The number of benzene rings is 6. The zero-order valence-electron chi connectivity index (χ0n) is 50.1. The number of rotatable bonds is 8. The Morgan fingerprint density at radius 3 is 1.88 bits per heavy atom. The highest BCUT2D eigenvalue weighted by molar-refractivity contribution is 5.97. The Morgan fingerprint density at radius 1 is 0.600 bits per heavy atom. The molecule has 2 heterocycles. The third-order valence-electron chi connectivity index (χ3n) is 12.3. The largest absolute Gasteiger partial charge is 0.507 e. The van der Waals surface area contributed by atoms with E-state index in [0.29, 0.717) is 72.7 Å². The molecule has 0 fully saturated rings. The predicted octanol–water partition coefficient (Wildman–Crippen LogP) is 16.9. The van der Waals surface area contributed by atoms with Crippen LogP contribution in [0.5, 0.6) is 5.75 Å². The Bertz CT molecular complexity index is 3510. The lowest BCUT2D eigenvalue weighted by Gasteiger charge is -2.27. The number of aromatic nitrogens is 3. The second kappa shape index (κ2) is 16.9. The second-order valence-electron chi connectivity index (χ2n) is 20.9. The molecule has 65 heavy (non-hydrogen) atoms. The van der Waals surface area contributed by atoms with Crippen molar-refractivity contribution in [1.82, 2.24) is 14.5 Å². The van der Waals surface area contributed by atoms with Gasteiger partial charge in [-0.05, 0) is 139 Å². The van der Waals surface area contributed by atoms with E-state index in [9.17, 15) is 5.11 Å². The maximum atomic E-state index is 12.6. The molecule has 4 nitrogen and oxygen atoms in total. The Balaban J connectivity index is 1.45. The molecule has 0 bridgehead atoms. The summed E-state index contributed by atoms with van der Waals surface area (Å²) in [5, 5.41) is 12.6. The van der Waals surface area contributed by atoms with Crippen LogP contribution in [0, 0.1) is 6.85 Å². The van der Waals surface area contributed by atoms with Crippen molar-refractivity contribution in [3.8, 4) is 67.5 Å². The fourth-order valence-corrected chi connectivity index (χ4v) is 8.35. The highest BCUT2D eigenvalue weighted by Crippen LogP contribution is 2.45. The summed E-state index contributed by atoms with van der Waals surface area (Å²) in [6.07, 6.45) is 1.57. The van der Waals surface area contributed by atoms with Crippen molar-refractivity contribution in [2.24, 2.45) is 0 Å². The van der Waals surface area contributed by atoms with Crippen LogP contribution in [-0.4, -0.2) is 19.6 Å². The minimum atomic E-state index is -2.65. The van der Waals surface area contributed by atoms with Crippen molar-refractivity contribution in [3.05, 3.63) is 167 Å². The standard InChI is InChI=1S/C61H67N3O/c1-37(2)43-28-44(38(3)4)30-45(29-43)41-23-24-54(39(5)27-41)64-55-22-18-21-50(56(55)63-58(64)51-35-49(60(9,10)11)36-52(57(51)65)61(12,13)14)46-31-47(33-48(32-46)59(6,7)8)53-34-42(25-26-62-53)40-19-16-15-17-20-40/h15-38,65H,1-14H3/i5D3,15D,16D,17D,19D,20D,37D,38D. The van der Waals surface area contributed by atoms with Crippen LogP contribution in [0.2, 0.25) is 0 Å². The van der Waals surface area contributed by atoms with E-state index in [1.165, 1.54) is 0 Å². The van der Waals surface area contributed by atoms with Crippen molar-refractivity contribution in [2.45, 2.75) is 125 Å². The average molecular weight is 868 g/mol. The zero-order valence-corrected chi connectivity index (χ0v) is 40.1.